The molecule has 0 saturated carbocycles. The van der Waals surface area contributed by atoms with Crippen molar-refractivity contribution >= 4 is 21.6 Å². The van der Waals surface area contributed by atoms with E-state index in [4.69, 9.17) is 14.9 Å². The topological polar surface area (TPSA) is 65.5 Å². The zero-order valence-electron chi connectivity index (χ0n) is 8.28. The fraction of sp³-hybridized carbons (Fsp3) is 0.300. The third-order valence-corrected chi connectivity index (χ3v) is 2.94. The molecule has 0 unspecified atom stereocenters. The summed E-state index contributed by atoms with van der Waals surface area (Å²) >= 11 is 1.07. The van der Waals surface area contributed by atoms with Gasteiger partial charge in [0.2, 0.25) is 0 Å². The first-order valence-electron chi connectivity index (χ1n) is 4.55. The molecule has 0 spiro atoms. The van der Waals surface area contributed by atoms with E-state index in [0.29, 0.717) is 18.5 Å². The SMILES string of the molecule is COc1cc2sc(=O)oc2cc1CCN. The minimum absolute atomic E-state index is 0.294. The Morgan fingerprint density at radius 3 is 3.00 bits per heavy atom. The number of methoxy groups -OCH3 is 1. The number of nitrogens with two attached hydrogens (primary N) is 1. The lowest BCUT2D eigenvalue weighted by atomic mass is 10.1. The van der Waals surface area contributed by atoms with Crippen molar-refractivity contribution in [1.29, 1.82) is 0 Å². The van der Waals surface area contributed by atoms with Gasteiger partial charge in [0.1, 0.15) is 11.3 Å². The van der Waals surface area contributed by atoms with Crippen molar-refractivity contribution in [2.24, 2.45) is 5.73 Å². The van der Waals surface area contributed by atoms with Crippen molar-refractivity contribution in [2.45, 2.75) is 6.42 Å². The van der Waals surface area contributed by atoms with Gasteiger partial charge in [0, 0.05) is 6.07 Å². The molecule has 0 fully saturated rings. The van der Waals surface area contributed by atoms with Gasteiger partial charge in [-0.1, -0.05) is 11.3 Å². The molecule has 15 heavy (non-hydrogen) atoms. The van der Waals surface area contributed by atoms with Crippen LogP contribution < -0.4 is 15.4 Å². The summed E-state index contributed by atoms with van der Waals surface area (Å²) in [5, 5.41) is 0. The first-order valence-corrected chi connectivity index (χ1v) is 5.37. The van der Waals surface area contributed by atoms with E-state index < -0.39 is 0 Å². The first kappa shape index (κ1) is 10.2. The maximum absolute atomic E-state index is 11.0. The van der Waals surface area contributed by atoms with Gasteiger partial charge in [-0.05, 0) is 24.6 Å². The van der Waals surface area contributed by atoms with Gasteiger partial charge in [-0.2, -0.15) is 0 Å². The Hall–Kier alpha value is -1.33. The normalized spacial score (nSPS) is 10.8. The second-order valence-corrected chi connectivity index (χ2v) is 4.08. The quantitative estimate of drug-likeness (QED) is 0.856. The standard InChI is InChI=1S/C10H11NO3S/c1-13-7-5-9-8(14-10(12)15-9)4-6(7)2-3-11/h4-5H,2-3,11H2,1H3. The summed E-state index contributed by atoms with van der Waals surface area (Å²) in [6.07, 6.45) is 0.707. The molecule has 0 aliphatic heterocycles. The van der Waals surface area contributed by atoms with Gasteiger partial charge in [0.25, 0.3) is 0 Å². The Balaban J connectivity index is 2.62. The Bertz CT molecular complexity index is 529. The highest BCUT2D eigenvalue weighted by atomic mass is 32.1. The summed E-state index contributed by atoms with van der Waals surface area (Å²) in [4.78, 5) is 10.7. The van der Waals surface area contributed by atoms with Crippen LogP contribution in [0, 0.1) is 0 Å². The molecule has 0 amide bonds. The molecule has 0 radical (unpaired) electrons. The molecule has 4 nitrogen and oxygen atoms in total. The average molecular weight is 225 g/mol. The molecule has 1 aromatic heterocycles. The van der Waals surface area contributed by atoms with E-state index in [2.05, 4.69) is 0 Å². The van der Waals surface area contributed by atoms with Crippen LogP contribution in [0.3, 0.4) is 0 Å². The van der Waals surface area contributed by atoms with Crippen molar-refractivity contribution in [3.05, 3.63) is 27.4 Å². The molecule has 0 bridgehead atoms. The van der Waals surface area contributed by atoms with Crippen LogP contribution in [0.15, 0.2) is 21.3 Å². The molecule has 0 aliphatic rings. The van der Waals surface area contributed by atoms with Gasteiger partial charge >= 0.3 is 4.94 Å². The predicted octanol–water partition coefficient (Wildman–Crippen LogP) is 1.36. The molecular formula is C10H11NO3S. The van der Waals surface area contributed by atoms with Gasteiger partial charge in [-0.15, -0.1) is 0 Å². The van der Waals surface area contributed by atoms with E-state index in [-0.39, 0.29) is 4.94 Å². The monoisotopic (exact) mass is 225 g/mol. The van der Waals surface area contributed by atoms with Gasteiger partial charge in [0.15, 0.2) is 0 Å². The zero-order chi connectivity index (χ0) is 10.8. The minimum atomic E-state index is -0.294. The molecule has 1 heterocycles. The van der Waals surface area contributed by atoms with Crippen LogP contribution in [-0.2, 0) is 6.42 Å². The molecule has 80 valence electrons. The third-order valence-electron chi connectivity index (χ3n) is 2.15. The van der Waals surface area contributed by atoms with E-state index >= 15 is 0 Å². The second-order valence-electron chi connectivity index (χ2n) is 3.10. The number of fused-ring (bicyclic) bond motifs is 1. The zero-order valence-corrected chi connectivity index (χ0v) is 9.10. The lowest BCUT2D eigenvalue weighted by Gasteiger charge is -2.06. The molecule has 0 aliphatic carbocycles. The maximum atomic E-state index is 11.0. The molecular weight excluding hydrogens is 214 g/mol. The Kier molecular flexibility index (Phi) is 2.75. The van der Waals surface area contributed by atoms with Crippen molar-refractivity contribution in [3.8, 4) is 5.75 Å². The third kappa shape index (κ3) is 1.88. The lowest BCUT2D eigenvalue weighted by Crippen LogP contribution is -2.04. The van der Waals surface area contributed by atoms with E-state index in [1.807, 2.05) is 12.1 Å². The van der Waals surface area contributed by atoms with E-state index in [9.17, 15) is 4.79 Å². The molecule has 5 heteroatoms. The van der Waals surface area contributed by atoms with Crippen LogP contribution >= 0.6 is 11.3 Å². The molecule has 2 rings (SSSR count). The highest BCUT2D eigenvalue weighted by Crippen LogP contribution is 2.27. The summed E-state index contributed by atoms with van der Waals surface area (Å²) in [6, 6.07) is 3.63. The number of rotatable bonds is 3. The highest BCUT2D eigenvalue weighted by molar-refractivity contribution is 7.16. The number of hydrogen-bond acceptors (Lipinski definition) is 5. The minimum Gasteiger partial charge on any atom is -0.496 e. The molecule has 0 saturated heterocycles. The number of benzene rings is 1. The summed E-state index contributed by atoms with van der Waals surface area (Å²) in [7, 11) is 1.60. The fourth-order valence-corrected chi connectivity index (χ4v) is 2.16. The van der Waals surface area contributed by atoms with Crippen LogP contribution in [0.4, 0.5) is 0 Å². The van der Waals surface area contributed by atoms with Crippen LogP contribution in [0.1, 0.15) is 5.56 Å². The predicted molar refractivity (Wildman–Crippen MR) is 59.7 cm³/mol. The van der Waals surface area contributed by atoms with Gasteiger partial charge in [-0.3, -0.25) is 0 Å². The summed E-state index contributed by atoms with van der Waals surface area (Å²) in [5.74, 6) is 0.755. The van der Waals surface area contributed by atoms with Crippen LogP contribution in [0.25, 0.3) is 10.3 Å². The van der Waals surface area contributed by atoms with E-state index in [0.717, 1.165) is 27.3 Å². The molecule has 2 N–H and O–H groups in total. The molecule has 2 aromatic rings. The van der Waals surface area contributed by atoms with Crippen molar-refractivity contribution in [2.75, 3.05) is 13.7 Å². The Labute approximate surface area is 90.3 Å². The van der Waals surface area contributed by atoms with Crippen molar-refractivity contribution in [1.82, 2.24) is 0 Å². The van der Waals surface area contributed by atoms with Crippen molar-refractivity contribution in [3.63, 3.8) is 0 Å². The number of hydrogen-bond donors (Lipinski definition) is 1. The van der Waals surface area contributed by atoms with Crippen LogP contribution in [0.2, 0.25) is 0 Å². The summed E-state index contributed by atoms with van der Waals surface area (Å²) in [6.45, 7) is 0.538. The Morgan fingerprint density at radius 2 is 2.33 bits per heavy atom. The average Bonchev–Trinajstić information content (AvgIpc) is 2.56. The highest BCUT2D eigenvalue weighted by Gasteiger charge is 2.09. The largest absolute Gasteiger partial charge is 0.496 e. The molecule has 1 aromatic carbocycles. The fourth-order valence-electron chi connectivity index (χ4n) is 1.48. The Morgan fingerprint density at radius 1 is 1.53 bits per heavy atom. The van der Waals surface area contributed by atoms with Crippen LogP contribution in [0.5, 0.6) is 5.75 Å². The summed E-state index contributed by atoms with van der Waals surface area (Å²) in [5.41, 5.74) is 7.06. The van der Waals surface area contributed by atoms with Crippen LogP contribution in [-0.4, -0.2) is 13.7 Å². The smallest absolute Gasteiger partial charge is 0.396 e. The first-order chi connectivity index (χ1) is 7.24. The summed E-state index contributed by atoms with van der Waals surface area (Å²) < 4.78 is 11.0. The lowest BCUT2D eigenvalue weighted by molar-refractivity contribution is 0.410. The van der Waals surface area contributed by atoms with Crippen molar-refractivity contribution < 1.29 is 9.15 Å². The van der Waals surface area contributed by atoms with E-state index in [1.54, 1.807) is 7.11 Å². The number of ether oxygens (including phenoxy) is 1. The van der Waals surface area contributed by atoms with Gasteiger partial charge in [-0.25, -0.2) is 4.79 Å². The molecule has 0 atom stereocenters. The van der Waals surface area contributed by atoms with Gasteiger partial charge in [0.05, 0.1) is 11.8 Å². The maximum Gasteiger partial charge on any atom is 0.396 e. The van der Waals surface area contributed by atoms with Gasteiger partial charge < -0.3 is 14.9 Å². The second kappa shape index (κ2) is 4.04. The van der Waals surface area contributed by atoms with E-state index in [1.165, 1.54) is 0 Å².